The number of benzene rings is 1. The molecule has 5 nitrogen and oxygen atoms in total. The predicted molar refractivity (Wildman–Crippen MR) is 69.4 cm³/mol. The molecule has 2 aromatic rings. The van der Waals surface area contributed by atoms with Gasteiger partial charge in [0.15, 0.2) is 0 Å². The summed E-state index contributed by atoms with van der Waals surface area (Å²) in [5.41, 5.74) is 1.14. The Morgan fingerprint density at radius 2 is 2.21 bits per heavy atom. The first-order chi connectivity index (χ1) is 9.06. The first-order valence-corrected chi connectivity index (χ1v) is 5.61. The van der Waals surface area contributed by atoms with Gasteiger partial charge in [0.2, 0.25) is 0 Å². The molecule has 0 saturated heterocycles. The van der Waals surface area contributed by atoms with Crippen molar-refractivity contribution in [2.24, 2.45) is 0 Å². The second-order valence-corrected chi connectivity index (χ2v) is 4.14. The van der Waals surface area contributed by atoms with Crippen LogP contribution < -0.4 is 4.90 Å². The molecule has 0 aliphatic rings. The predicted octanol–water partition coefficient (Wildman–Crippen LogP) is 2.77. The number of nitro groups is 1. The summed E-state index contributed by atoms with van der Waals surface area (Å²) in [5, 5.41) is 10.7. The van der Waals surface area contributed by atoms with Gasteiger partial charge in [0.25, 0.3) is 5.69 Å². The summed E-state index contributed by atoms with van der Waals surface area (Å²) >= 11 is 0. The number of halogens is 1. The molecule has 6 heteroatoms. The van der Waals surface area contributed by atoms with Crippen LogP contribution in [0.25, 0.3) is 0 Å². The number of pyridine rings is 1. The van der Waals surface area contributed by atoms with E-state index < -0.39 is 10.7 Å². The summed E-state index contributed by atoms with van der Waals surface area (Å²) in [5.74, 6) is -0.623. The molecular formula is C13H12FN3O2. The Morgan fingerprint density at radius 3 is 2.84 bits per heavy atom. The molecule has 0 atom stereocenters. The SMILES string of the molecule is CN(Cc1cccnc1)c1cc(F)cc([N+](=O)[O-])c1. The van der Waals surface area contributed by atoms with E-state index in [0.717, 1.165) is 11.6 Å². The van der Waals surface area contributed by atoms with Crippen LogP contribution >= 0.6 is 0 Å². The Kier molecular flexibility index (Phi) is 3.70. The molecule has 0 aliphatic heterocycles. The van der Waals surface area contributed by atoms with Gasteiger partial charge in [-0.3, -0.25) is 15.1 Å². The number of nitro benzene ring substituents is 1. The number of nitrogens with zero attached hydrogens (tertiary/aromatic N) is 3. The van der Waals surface area contributed by atoms with Crippen molar-refractivity contribution in [3.8, 4) is 0 Å². The third-order valence-corrected chi connectivity index (χ3v) is 2.66. The quantitative estimate of drug-likeness (QED) is 0.627. The summed E-state index contributed by atoms with van der Waals surface area (Å²) < 4.78 is 13.3. The van der Waals surface area contributed by atoms with E-state index in [0.29, 0.717) is 12.2 Å². The third kappa shape index (κ3) is 3.25. The van der Waals surface area contributed by atoms with Crippen molar-refractivity contribution in [1.29, 1.82) is 0 Å². The van der Waals surface area contributed by atoms with E-state index in [1.807, 2.05) is 6.07 Å². The Balaban J connectivity index is 2.24. The van der Waals surface area contributed by atoms with E-state index in [9.17, 15) is 14.5 Å². The highest BCUT2D eigenvalue weighted by Gasteiger charge is 2.12. The molecule has 0 aliphatic carbocycles. The van der Waals surface area contributed by atoms with E-state index in [2.05, 4.69) is 4.98 Å². The molecule has 0 radical (unpaired) electrons. The summed E-state index contributed by atoms with van der Waals surface area (Å²) in [7, 11) is 1.74. The lowest BCUT2D eigenvalue weighted by atomic mass is 10.2. The largest absolute Gasteiger partial charge is 0.370 e. The maximum absolute atomic E-state index is 13.3. The van der Waals surface area contributed by atoms with Crippen LogP contribution in [-0.4, -0.2) is 17.0 Å². The van der Waals surface area contributed by atoms with Crippen molar-refractivity contribution >= 4 is 11.4 Å². The van der Waals surface area contributed by atoms with Crippen LogP contribution in [0.2, 0.25) is 0 Å². The van der Waals surface area contributed by atoms with Crippen molar-refractivity contribution in [2.45, 2.75) is 6.54 Å². The van der Waals surface area contributed by atoms with Gasteiger partial charge in [0, 0.05) is 37.7 Å². The first-order valence-electron chi connectivity index (χ1n) is 5.61. The van der Waals surface area contributed by atoms with E-state index in [-0.39, 0.29) is 5.69 Å². The molecule has 1 aromatic carbocycles. The summed E-state index contributed by atoms with van der Waals surface area (Å²) in [4.78, 5) is 15.8. The Bertz CT molecular complexity index is 590. The zero-order valence-electron chi connectivity index (χ0n) is 10.3. The minimum absolute atomic E-state index is 0.256. The molecule has 0 fully saturated rings. The number of non-ortho nitro benzene ring substituents is 1. The zero-order chi connectivity index (χ0) is 13.8. The summed E-state index contributed by atoms with van der Waals surface area (Å²) in [6, 6.07) is 7.21. The summed E-state index contributed by atoms with van der Waals surface area (Å²) in [6.45, 7) is 0.494. The van der Waals surface area contributed by atoms with Gasteiger partial charge in [0.1, 0.15) is 5.82 Å². The average Bonchev–Trinajstić information content (AvgIpc) is 2.39. The Morgan fingerprint density at radius 1 is 1.42 bits per heavy atom. The summed E-state index contributed by atoms with van der Waals surface area (Å²) in [6.07, 6.45) is 3.36. The normalized spacial score (nSPS) is 10.2. The molecule has 0 saturated carbocycles. The van der Waals surface area contributed by atoms with Gasteiger partial charge in [-0.05, 0) is 17.7 Å². The van der Waals surface area contributed by atoms with E-state index in [1.165, 1.54) is 12.1 Å². The second-order valence-electron chi connectivity index (χ2n) is 4.14. The Labute approximate surface area is 109 Å². The number of hydrogen-bond acceptors (Lipinski definition) is 4. The lowest BCUT2D eigenvalue weighted by Gasteiger charge is -2.19. The molecule has 1 aromatic heterocycles. The fourth-order valence-corrected chi connectivity index (χ4v) is 1.74. The number of hydrogen-bond donors (Lipinski definition) is 0. The van der Waals surface area contributed by atoms with Crippen molar-refractivity contribution in [3.63, 3.8) is 0 Å². The second kappa shape index (κ2) is 5.43. The average molecular weight is 261 g/mol. The fraction of sp³-hybridized carbons (Fsp3) is 0.154. The van der Waals surface area contributed by atoms with E-state index in [4.69, 9.17) is 0 Å². The molecule has 0 bridgehead atoms. The fourth-order valence-electron chi connectivity index (χ4n) is 1.74. The van der Waals surface area contributed by atoms with Gasteiger partial charge in [-0.25, -0.2) is 4.39 Å². The highest BCUT2D eigenvalue weighted by atomic mass is 19.1. The van der Waals surface area contributed by atoms with Crippen LogP contribution in [0.4, 0.5) is 15.8 Å². The molecule has 0 spiro atoms. The maximum Gasteiger partial charge on any atom is 0.274 e. The molecule has 19 heavy (non-hydrogen) atoms. The van der Waals surface area contributed by atoms with Gasteiger partial charge in [-0.15, -0.1) is 0 Å². The number of rotatable bonds is 4. The van der Waals surface area contributed by atoms with Gasteiger partial charge in [0.05, 0.1) is 11.0 Å². The minimum atomic E-state index is -0.623. The van der Waals surface area contributed by atoms with Crippen molar-refractivity contribution in [2.75, 3.05) is 11.9 Å². The molecule has 0 unspecified atom stereocenters. The zero-order valence-corrected chi connectivity index (χ0v) is 10.3. The Hall–Kier alpha value is -2.50. The highest BCUT2D eigenvalue weighted by molar-refractivity contribution is 5.53. The molecule has 98 valence electrons. The smallest absolute Gasteiger partial charge is 0.274 e. The van der Waals surface area contributed by atoms with Gasteiger partial charge < -0.3 is 4.90 Å². The monoisotopic (exact) mass is 261 g/mol. The number of anilines is 1. The third-order valence-electron chi connectivity index (χ3n) is 2.66. The standard InChI is InChI=1S/C13H12FN3O2/c1-16(9-10-3-2-4-15-8-10)12-5-11(14)6-13(7-12)17(18)19/h2-8H,9H2,1H3. The van der Waals surface area contributed by atoms with Crippen LogP contribution in [0.1, 0.15) is 5.56 Å². The topological polar surface area (TPSA) is 59.3 Å². The van der Waals surface area contributed by atoms with Crippen molar-refractivity contribution in [3.05, 3.63) is 64.2 Å². The maximum atomic E-state index is 13.3. The van der Waals surface area contributed by atoms with Crippen LogP contribution in [0.3, 0.4) is 0 Å². The van der Waals surface area contributed by atoms with Gasteiger partial charge >= 0.3 is 0 Å². The molecule has 2 rings (SSSR count). The molecular weight excluding hydrogens is 249 g/mol. The molecule has 1 heterocycles. The van der Waals surface area contributed by atoms with E-state index in [1.54, 1.807) is 30.4 Å². The van der Waals surface area contributed by atoms with Crippen LogP contribution in [-0.2, 0) is 6.54 Å². The minimum Gasteiger partial charge on any atom is -0.370 e. The van der Waals surface area contributed by atoms with Gasteiger partial charge in [-0.1, -0.05) is 6.07 Å². The van der Waals surface area contributed by atoms with Crippen LogP contribution in [0, 0.1) is 15.9 Å². The van der Waals surface area contributed by atoms with Crippen LogP contribution in [0.15, 0.2) is 42.7 Å². The van der Waals surface area contributed by atoms with Crippen molar-refractivity contribution < 1.29 is 9.31 Å². The van der Waals surface area contributed by atoms with E-state index >= 15 is 0 Å². The number of aromatic nitrogens is 1. The first kappa shape index (κ1) is 12.9. The lowest BCUT2D eigenvalue weighted by Crippen LogP contribution is -2.16. The lowest BCUT2D eigenvalue weighted by molar-refractivity contribution is -0.385. The molecule has 0 amide bonds. The highest BCUT2D eigenvalue weighted by Crippen LogP contribution is 2.23. The van der Waals surface area contributed by atoms with Crippen LogP contribution in [0.5, 0.6) is 0 Å². The molecule has 0 N–H and O–H groups in total. The van der Waals surface area contributed by atoms with Crippen molar-refractivity contribution in [1.82, 2.24) is 4.98 Å². The van der Waals surface area contributed by atoms with Gasteiger partial charge in [-0.2, -0.15) is 0 Å².